The molecule has 4 nitrogen and oxygen atoms in total. The summed E-state index contributed by atoms with van der Waals surface area (Å²) in [6, 6.07) is 5.77. The van der Waals surface area contributed by atoms with Gasteiger partial charge in [0.1, 0.15) is 0 Å². The second-order valence-corrected chi connectivity index (χ2v) is 4.04. The van der Waals surface area contributed by atoms with Crippen LogP contribution in [0.5, 0.6) is 0 Å². The molecule has 2 N–H and O–H groups in total. The standard InChI is InChI=1S/C13H18N4S/c1-3-7-12(11-8-5-6-10-14-11)16-17-13(18)15-9-4-2/h4-6,8,10H,2-3,7,9H2,1H3,(H2,15,17,18). The Bertz CT molecular complexity index is 414. The van der Waals surface area contributed by atoms with Crippen molar-refractivity contribution in [1.82, 2.24) is 15.7 Å². The number of nitrogens with one attached hydrogen (secondary N) is 2. The third-order valence-electron chi connectivity index (χ3n) is 2.15. The highest BCUT2D eigenvalue weighted by Gasteiger charge is 2.03. The summed E-state index contributed by atoms with van der Waals surface area (Å²) in [4.78, 5) is 4.29. The predicted molar refractivity (Wildman–Crippen MR) is 79.6 cm³/mol. The van der Waals surface area contributed by atoms with Crippen LogP contribution in [0.25, 0.3) is 0 Å². The van der Waals surface area contributed by atoms with E-state index in [0.717, 1.165) is 24.2 Å². The summed E-state index contributed by atoms with van der Waals surface area (Å²) < 4.78 is 0. The number of hydrogen-bond donors (Lipinski definition) is 2. The van der Waals surface area contributed by atoms with E-state index in [1.165, 1.54) is 0 Å². The Morgan fingerprint density at radius 2 is 2.39 bits per heavy atom. The minimum atomic E-state index is 0.486. The molecular weight excluding hydrogens is 244 g/mol. The lowest BCUT2D eigenvalue weighted by Gasteiger charge is -2.07. The molecule has 1 aromatic rings. The van der Waals surface area contributed by atoms with Crippen LogP contribution in [0.2, 0.25) is 0 Å². The molecule has 5 heteroatoms. The fourth-order valence-corrected chi connectivity index (χ4v) is 1.46. The van der Waals surface area contributed by atoms with Crippen LogP contribution in [0, 0.1) is 0 Å². The van der Waals surface area contributed by atoms with Gasteiger partial charge in [0.2, 0.25) is 0 Å². The summed E-state index contributed by atoms with van der Waals surface area (Å²) in [5, 5.41) is 7.74. The molecule has 0 atom stereocenters. The first-order chi connectivity index (χ1) is 8.77. The number of rotatable bonds is 6. The highest BCUT2D eigenvalue weighted by Crippen LogP contribution is 2.02. The van der Waals surface area contributed by atoms with Gasteiger partial charge in [-0.2, -0.15) is 5.10 Å². The van der Waals surface area contributed by atoms with Crippen LogP contribution >= 0.6 is 12.2 Å². The Hall–Kier alpha value is -1.75. The molecule has 0 spiro atoms. The Kier molecular flexibility index (Phi) is 6.64. The lowest BCUT2D eigenvalue weighted by molar-refractivity contribution is 0.910. The van der Waals surface area contributed by atoms with Gasteiger partial charge in [-0.15, -0.1) is 6.58 Å². The molecule has 0 aliphatic heterocycles. The Morgan fingerprint density at radius 3 is 3.00 bits per heavy atom. The lowest BCUT2D eigenvalue weighted by atomic mass is 10.1. The van der Waals surface area contributed by atoms with Crippen LogP contribution < -0.4 is 10.7 Å². The van der Waals surface area contributed by atoms with Crippen molar-refractivity contribution in [3.05, 3.63) is 42.7 Å². The molecule has 0 saturated heterocycles. The fourth-order valence-electron chi connectivity index (χ4n) is 1.33. The van der Waals surface area contributed by atoms with Crippen molar-refractivity contribution in [2.24, 2.45) is 5.10 Å². The maximum absolute atomic E-state index is 5.07. The van der Waals surface area contributed by atoms with Crippen LogP contribution in [-0.2, 0) is 0 Å². The average Bonchev–Trinajstić information content (AvgIpc) is 2.42. The molecule has 96 valence electrons. The molecule has 0 bridgehead atoms. The van der Waals surface area contributed by atoms with E-state index >= 15 is 0 Å². The molecule has 0 fully saturated rings. The molecule has 18 heavy (non-hydrogen) atoms. The number of hydrogen-bond acceptors (Lipinski definition) is 3. The molecule has 0 amide bonds. The van der Waals surface area contributed by atoms with Gasteiger partial charge in [0, 0.05) is 12.7 Å². The topological polar surface area (TPSA) is 49.3 Å². The summed E-state index contributed by atoms with van der Waals surface area (Å²) in [6.45, 7) is 6.33. The molecule has 0 aromatic carbocycles. The first-order valence-electron chi connectivity index (χ1n) is 5.90. The molecule has 0 unspecified atom stereocenters. The number of aromatic nitrogens is 1. The first kappa shape index (κ1) is 14.3. The summed E-state index contributed by atoms with van der Waals surface area (Å²) in [7, 11) is 0. The highest BCUT2D eigenvalue weighted by atomic mass is 32.1. The first-order valence-corrected chi connectivity index (χ1v) is 6.31. The number of nitrogens with zero attached hydrogens (tertiary/aromatic N) is 2. The molecule has 1 heterocycles. The van der Waals surface area contributed by atoms with Crippen molar-refractivity contribution < 1.29 is 0 Å². The van der Waals surface area contributed by atoms with Crippen molar-refractivity contribution in [2.45, 2.75) is 19.8 Å². The number of hydrazone groups is 1. The zero-order chi connectivity index (χ0) is 13.2. The second-order valence-electron chi connectivity index (χ2n) is 3.63. The van der Waals surface area contributed by atoms with Crippen LogP contribution in [0.4, 0.5) is 0 Å². The minimum Gasteiger partial charge on any atom is -0.358 e. The Morgan fingerprint density at radius 1 is 1.56 bits per heavy atom. The van der Waals surface area contributed by atoms with Crippen LogP contribution in [0.1, 0.15) is 25.5 Å². The lowest BCUT2D eigenvalue weighted by Crippen LogP contribution is -2.32. The fraction of sp³-hybridized carbons (Fsp3) is 0.308. The predicted octanol–water partition coefficient (Wildman–Crippen LogP) is 2.24. The summed E-state index contributed by atoms with van der Waals surface area (Å²) in [5.41, 5.74) is 4.60. The van der Waals surface area contributed by atoms with E-state index in [1.807, 2.05) is 18.2 Å². The van der Waals surface area contributed by atoms with Crippen molar-refractivity contribution in [2.75, 3.05) is 6.54 Å². The molecule has 0 radical (unpaired) electrons. The summed E-state index contributed by atoms with van der Waals surface area (Å²) in [6.07, 6.45) is 5.36. The molecule has 0 saturated carbocycles. The van der Waals surface area contributed by atoms with Gasteiger partial charge in [-0.3, -0.25) is 10.4 Å². The maximum Gasteiger partial charge on any atom is 0.187 e. The Labute approximate surface area is 113 Å². The van der Waals surface area contributed by atoms with E-state index in [-0.39, 0.29) is 0 Å². The van der Waals surface area contributed by atoms with Gasteiger partial charge < -0.3 is 5.32 Å². The van der Waals surface area contributed by atoms with Crippen molar-refractivity contribution in [1.29, 1.82) is 0 Å². The van der Waals surface area contributed by atoms with Crippen LogP contribution in [0.15, 0.2) is 42.2 Å². The minimum absolute atomic E-state index is 0.486. The van der Waals surface area contributed by atoms with Gasteiger partial charge in [0.05, 0.1) is 11.4 Å². The summed E-state index contributed by atoms with van der Waals surface area (Å²) >= 11 is 5.07. The largest absolute Gasteiger partial charge is 0.358 e. The smallest absolute Gasteiger partial charge is 0.187 e. The van der Waals surface area contributed by atoms with E-state index < -0.39 is 0 Å². The van der Waals surface area contributed by atoms with Gasteiger partial charge in [-0.25, -0.2) is 0 Å². The van der Waals surface area contributed by atoms with Crippen LogP contribution in [-0.4, -0.2) is 22.4 Å². The van der Waals surface area contributed by atoms with E-state index in [0.29, 0.717) is 11.7 Å². The van der Waals surface area contributed by atoms with Crippen molar-refractivity contribution in [3.63, 3.8) is 0 Å². The van der Waals surface area contributed by atoms with Crippen LogP contribution in [0.3, 0.4) is 0 Å². The van der Waals surface area contributed by atoms with Crippen molar-refractivity contribution >= 4 is 23.0 Å². The summed E-state index contributed by atoms with van der Waals surface area (Å²) in [5.74, 6) is 0. The van der Waals surface area contributed by atoms with E-state index in [2.05, 4.69) is 34.3 Å². The van der Waals surface area contributed by atoms with Gasteiger partial charge >= 0.3 is 0 Å². The second kappa shape index (κ2) is 8.36. The molecular formula is C13H18N4S. The van der Waals surface area contributed by atoms with Gasteiger partial charge in [0.15, 0.2) is 5.11 Å². The Balaban J connectivity index is 2.67. The van der Waals surface area contributed by atoms with Gasteiger partial charge in [0.25, 0.3) is 0 Å². The highest BCUT2D eigenvalue weighted by molar-refractivity contribution is 7.80. The van der Waals surface area contributed by atoms with Gasteiger partial charge in [-0.05, 0) is 30.8 Å². The van der Waals surface area contributed by atoms with Crippen molar-refractivity contribution in [3.8, 4) is 0 Å². The van der Waals surface area contributed by atoms with E-state index in [1.54, 1.807) is 12.3 Å². The quantitative estimate of drug-likeness (QED) is 0.357. The third-order valence-corrected chi connectivity index (χ3v) is 2.38. The third kappa shape index (κ3) is 5.05. The van der Waals surface area contributed by atoms with Gasteiger partial charge in [-0.1, -0.05) is 25.5 Å². The number of pyridine rings is 1. The van der Waals surface area contributed by atoms with E-state index in [4.69, 9.17) is 12.2 Å². The van der Waals surface area contributed by atoms with E-state index in [9.17, 15) is 0 Å². The maximum atomic E-state index is 5.07. The zero-order valence-electron chi connectivity index (χ0n) is 10.5. The number of thiocarbonyl (C=S) groups is 1. The average molecular weight is 262 g/mol. The monoisotopic (exact) mass is 262 g/mol. The molecule has 1 rings (SSSR count). The zero-order valence-corrected chi connectivity index (χ0v) is 11.3. The SMILES string of the molecule is C=CCNC(=S)NN=C(CCC)c1ccccn1. The molecule has 0 aliphatic carbocycles. The molecule has 1 aromatic heterocycles. The normalized spacial score (nSPS) is 10.8. The molecule has 0 aliphatic rings.